The van der Waals surface area contributed by atoms with Crippen molar-refractivity contribution in [3.05, 3.63) is 24.3 Å². The molecule has 1 saturated heterocycles. The number of anilines is 1. The van der Waals surface area contributed by atoms with E-state index in [0.717, 1.165) is 10.9 Å². The van der Waals surface area contributed by atoms with Crippen molar-refractivity contribution < 1.29 is 9.84 Å². The van der Waals surface area contributed by atoms with Gasteiger partial charge in [-0.25, -0.2) is 5.01 Å². The molecule has 3 aliphatic heterocycles. The molecule has 4 rings (SSSR count). The SMILES string of the molecule is O[C@@H]1COC[C@H]2N3C(=NN12)Sc1ccccc13. The van der Waals surface area contributed by atoms with E-state index in [1.54, 1.807) is 16.8 Å². The van der Waals surface area contributed by atoms with Gasteiger partial charge in [0.05, 0.1) is 18.9 Å². The molecule has 0 amide bonds. The summed E-state index contributed by atoms with van der Waals surface area (Å²) in [5, 5.41) is 17.0. The molecule has 1 fully saturated rings. The number of hydrazone groups is 1. The number of morpholine rings is 1. The summed E-state index contributed by atoms with van der Waals surface area (Å²) in [6.07, 6.45) is -0.649. The third-order valence-corrected chi connectivity index (χ3v) is 4.20. The maximum absolute atomic E-state index is 9.84. The normalized spacial score (nSPS) is 29.8. The molecular weight excluding hydrogens is 238 g/mol. The molecule has 2 atom stereocenters. The minimum Gasteiger partial charge on any atom is -0.373 e. The highest BCUT2D eigenvalue weighted by molar-refractivity contribution is 8.14. The molecule has 17 heavy (non-hydrogen) atoms. The Kier molecular flexibility index (Phi) is 1.94. The van der Waals surface area contributed by atoms with Gasteiger partial charge in [-0.3, -0.25) is 4.90 Å². The van der Waals surface area contributed by atoms with Crippen LogP contribution < -0.4 is 4.90 Å². The molecule has 3 aliphatic rings. The van der Waals surface area contributed by atoms with Gasteiger partial charge in [0.15, 0.2) is 17.6 Å². The van der Waals surface area contributed by atoms with E-state index in [2.05, 4.69) is 22.1 Å². The Morgan fingerprint density at radius 2 is 2.24 bits per heavy atom. The fourth-order valence-electron chi connectivity index (χ4n) is 2.40. The lowest BCUT2D eigenvalue weighted by Gasteiger charge is -2.36. The standard InChI is InChI=1S/C11H11N3O2S/c15-10-6-16-5-9-13-7-3-1-2-4-8(7)17-11(13)12-14(9)10/h1-4,9-10,15H,5-6H2/t9-,10+/m0/s1. The van der Waals surface area contributed by atoms with E-state index in [9.17, 15) is 5.11 Å². The van der Waals surface area contributed by atoms with Gasteiger partial charge in [0.25, 0.3) is 0 Å². The second kappa shape index (κ2) is 3.38. The number of hydrogen-bond donors (Lipinski definition) is 1. The van der Waals surface area contributed by atoms with E-state index in [4.69, 9.17) is 4.74 Å². The largest absolute Gasteiger partial charge is 0.373 e. The molecule has 0 saturated carbocycles. The van der Waals surface area contributed by atoms with E-state index < -0.39 is 6.23 Å². The van der Waals surface area contributed by atoms with Gasteiger partial charge < -0.3 is 9.84 Å². The average molecular weight is 249 g/mol. The van der Waals surface area contributed by atoms with Crippen LogP contribution in [0.25, 0.3) is 0 Å². The second-order valence-corrected chi connectivity index (χ2v) is 5.21. The van der Waals surface area contributed by atoms with Crippen LogP contribution >= 0.6 is 11.8 Å². The smallest absolute Gasteiger partial charge is 0.194 e. The number of amidine groups is 1. The van der Waals surface area contributed by atoms with Gasteiger partial charge in [-0.15, -0.1) is 5.10 Å². The Morgan fingerprint density at radius 3 is 3.18 bits per heavy atom. The van der Waals surface area contributed by atoms with Gasteiger partial charge in [0.1, 0.15) is 0 Å². The van der Waals surface area contributed by atoms with E-state index in [-0.39, 0.29) is 6.17 Å². The predicted octanol–water partition coefficient (Wildman–Crippen LogP) is 0.860. The van der Waals surface area contributed by atoms with Gasteiger partial charge in [0.2, 0.25) is 0 Å². The zero-order valence-corrected chi connectivity index (χ0v) is 9.80. The minimum atomic E-state index is -0.639. The summed E-state index contributed by atoms with van der Waals surface area (Å²) in [7, 11) is 0. The maximum atomic E-state index is 9.84. The van der Waals surface area contributed by atoms with Gasteiger partial charge in [-0.05, 0) is 23.9 Å². The van der Waals surface area contributed by atoms with Crippen LogP contribution in [0.5, 0.6) is 0 Å². The number of nitrogens with zero attached hydrogens (tertiary/aromatic N) is 3. The number of fused-ring (bicyclic) bond motifs is 5. The molecule has 0 radical (unpaired) electrons. The summed E-state index contributed by atoms with van der Waals surface area (Å²) < 4.78 is 5.40. The zero-order valence-electron chi connectivity index (χ0n) is 8.98. The summed E-state index contributed by atoms with van der Waals surface area (Å²) in [6.45, 7) is 0.895. The fraction of sp³-hybridized carbons (Fsp3) is 0.364. The zero-order chi connectivity index (χ0) is 11.4. The molecule has 1 aromatic rings. The maximum Gasteiger partial charge on any atom is 0.194 e. The van der Waals surface area contributed by atoms with Crippen LogP contribution in [0.2, 0.25) is 0 Å². The molecule has 0 aliphatic carbocycles. The number of benzene rings is 1. The monoisotopic (exact) mass is 249 g/mol. The third kappa shape index (κ3) is 1.25. The van der Waals surface area contributed by atoms with Crippen molar-refractivity contribution >= 4 is 22.6 Å². The van der Waals surface area contributed by atoms with Crippen molar-refractivity contribution in [2.75, 3.05) is 18.1 Å². The van der Waals surface area contributed by atoms with Crippen LogP contribution in [0.3, 0.4) is 0 Å². The number of thioether (sulfide) groups is 1. The minimum absolute atomic E-state index is 0.00935. The molecule has 0 bridgehead atoms. The Morgan fingerprint density at radius 1 is 1.35 bits per heavy atom. The highest BCUT2D eigenvalue weighted by Crippen LogP contribution is 2.45. The molecular formula is C11H11N3O2S. The average Bonchev–Trinajstić information content (AvgIpc) is 2.85. The Hall–Kier alpha value is -1.24. The van der Waals surface area contributed by atoms with E-state index in [1.165, 1.54) is 4.90 Å². The molecule has 1 N–H and O–H groups in total. The van der Waals surface area contributed by atoms with Crippen molar-refractivity contribution in [2.24, 2.45) is 5.10 Å². The number of hydrogen-bond acceptors (Lipinski definition) is 6. The van der Waals surface area contributed by atoms with Gasteiger partial charge >= 0.3 is 0 Å². The van der Waals surface area contributed by atoms with Crippen LogP contribution in [-0.4, -0.2) is 40.9 Å². The molecule has 1 aromatic carbocycles. The molecule has 5 nitrogen and oxygen atoms in total. The van der Waals surface area contributed by atoms with Crippen LogP contribution in [0.1, 0.15) is 0 Å². The summed E-state index contributed by atoms with van der Waals surface area (Å²) >= 11 is 1.64. The van der Waals surface area contributed by atoms with Gasteiger partial charge in [0, 0.05) is 4.90 Å². The van der Waals surface area contributed by atoms with Crippen LogP contribution in [-0.2, 0) is 4.74 Å². The lowest BCUT2D eigenvalue weighted by Crippen LogP contribution is -2.53. The van der Waals surface area contributed by atoms with Crippen molar-refractivity contribution in [3.8, 4) is 0 Å². The highest BCUT2D eigenvalue weighted by atomic mass is 32.2. The predicted molar refractivity (Wildman–Crippen MR) is 64.7 cm³/mol. The van der Waals surface area contributed by atoms with Crippen LogP contribution in [0, 0.1) is 0 Å². The summed E-state index contributed by atoms with van der Waals surface area (Å²) in [5.74, 6) is 0. The molecule has 3 heterocycles. The van der Waals surface area contributed by atoms with Crippen LogP contribution in [0.4, 0.5) is 5.69 Å². The van der Waals surface area contributed by atoms with Crippen molar-refractivity contribution in [3.63, 3.8) is 0 Å². The molecule has 0 unspecified atom stereocenters. The third-order valence-electron chi connectivity index (χ3n) is 3.18. The van der Waals surface area contributed by atoms with Crippen molar-refractivity contribution in [2.45, 2.75) is 17.3 Å². The molecule has 6 heteroatoms. The molecule has 0 aromatic heterocycles. The topological polar surface area (TPSA) is 48.3 Å². The van der Waals surface area contributed by atoms with E-state index in [1.807, 2.05) is 12.1 Å². The first-order valence-electron chi connectivity index (χ1n) is 5.53. The Balaban J connectivity index is 1.78. The molecule has 0 spiro atoms. The lowest BCUT2D eigenvalue weighted by atomic mass is 10.2. The Labute approximate surface area is 103 Å². The van der Waals surface area contributed by atoms with Gasteiger partial charge in [-0.2, -0.15) is 0 Å². The second-order valence-electron chi connectivity index (χ2n) is 4.20. The number of aliphatic hydroxyl groups excluding tert-OH is 1. The first-order valence-corrected chi connectivity index (χ1v) is 6.35. The van der Waals surface area contributed by atoms with E-state index >= 15 is 0 Å². The Bertz CT molecular complexity index is 507. The number of aliphatic hydroxyl groups is 1. The number of ether oxygens (including phenoxy) is 1. The van der Waals surface area contributed by atoms with Gasteiger partial charge in [-0.1, -0.05) is 12.1 Å². The number of para-hydroxylation sites is 1. The number of rotatable bonds is 0. The van der Waals surface area contributed by atoms with Crippen LogP contribution in [0.15, 0.2) is 34.3 Å². The summed E-state index contributed by atoms with van der Waals surface area (Å²) in [6, 6.07) is 8.21. The highest BCUT2D eigenvalue weighted by Gasteiger charge is 2.45. The lowest BCUT2D eigenvalue weighted by molar-refractivity contribution is -0.126. The fourth-order valence-corrected chi connectivity index (χ4v) is 3.47. The van der Waals surface area contributed by atoms with E-state index in [0.29, 0.717) is 13.2 Å². The molecule has 88 valence electrons. The summed E-state index contributed by atoms with van der Waals surface area (Å²) in [4.78, 5) is 3.36. The quantitative estimate of drug-likeness (QED) is 0.739. The van der Waals surface area contributed by atoms with Crippen molar-refractivity contribution in [1.29, 1.82) is 0 Å². The first kappa shape index (κ1) is 9.76. The van der Waals surface area contributed by atoms with Crippen molar-refractivity contribution in [1.82, 2.24) is 5.01 Å². The summed E-state index contributed by atoms with van der Waals surface area (Å²) in [5.41, 5.74) is 1.15. The first-order chi connectivity index (χ1) is 8.34.